The van der Waals surface area contributed by atoms with Crippen LogP contribution in [0.4, 0.5) is 0 Å². The van der Waals surface area contributed by atoms with Crippen molar-refractivity contribution < 1.29 is 0 Å². The van der Waals surface area contributed by atoms with Gasteiger partial charge in [0, 0.05) is 4.75 Å². The molecule has 0 aromatic rings. The topological polar surface area (TPSA) is 0 Å². The molecule has 0 bridgehead atoms. The van der Waals surface area contributed by atoms with E-state index in [-0.39, 0.29) is 0 Å². The van der Waals surface area contributed by atoms with Crippen LogP contribution < -0.4 is 0 Å². The Morgan fingerprint density at radius 3 is 1.80 bits per heavy atom. The first-order chi connectivity index (χ1) is 2.31. The maximum Gasteiger partial charge on any atom is 0.0165 e. The largest absolute Gasteiger partial charge is 0.172 e. The molecule has 2 saturated carbocycles. The van der Waals surface area contributed by atoms with Crippen molar-refractivity contribution in [2.24, 2.45) is 5.92 Å². The molecule has 0 unspecified atom stereocenters. The molecule has 2 rings (SSSR count). The minimum absolute atomic E-state index is 0.611. The minimum Gasteiger partial charge on any atom is -0.172 e. The van der Waals surface area contributed by atoms with Gasteiger partial charge in [0.05, 0.1) is 0 Å². The molecule has 0 saturated heterocycles. The summed E-state index contributed by atoms with van der Waals surface area (Å²) in [4.78, 5) is 0. The lowest BCUT2D eigenvalue weighted by atomic mass is 10.4. The lowest BCUT2D eigenvalue weighted by Crippen LogP contribution is -1.71. The van der Waals surface area contributed by atoms with Crippen LogP contribution in [0.1, 0.15) is 12.8 Å². The Bertz CT molecular complexity index is 71.7. The first-order valence-corrected chi connectivity index (χ1v) is 2.48. The fraction of sp³-hybridized carbons (Fsp3) is 1.00. The van der Waals surface area contributed by atoms with Gasteiger partial charge in [-0.3, -0.25) is 0 Å². The third kappa shape index (κ3) is 0.158. The second kappa shape index (κ2) is 0.379. The first-order valence-electron chi connectivity index (χ1n) is 2.04. The highest BCUT2D eigenvalue weighted by Crippen LogP contribution is 2.71. The van der Waals surface area contributed by atoms with Crippen LogP contribution in [0.2, 0.25) is 0 Å². The van der Waals surface area contributed by atoms with Crippen LogP contribution in [0, 0.1) is 5.92 Å². The predicted octanol–water partition coefficient (Wildman–Crippen LogP) is 1.08. The van der Waals surface area contributed by atoms with Gasteiger partial charge in [-0.1, -0.05) is 0 Å². The molecule has 0 nitrogen and oxygen atoms in total. The van der Waals surface area contributed by atoms with E-state index < -0.39 is 0 Å². The average molecular weight is 86.2 g/mol. The number of hydrogen-bond acceptors (Lipinski definition) is 1. The molecule has 2 aliphatic rings. The van der Waals surface area contributed by atoms with Crippen molar-refractivity contribution in [1.29, 1.82) is 0 Å². The highest BCUT2D eigenvalue weighted by molar-refractivity contribution is 7.82. The van der Waals surface area contributed by atoms with E-state index in [0.29, 0.717) is 4.75 Å². The Morgan fingerprint density at radius 2 is 1.80 bits per heavy atom. The number of hydrogen-bond donors (Lipinski definition) is 1. The van der Waals surface area contributed by atoms with Crippen LogP contribution in [-0.2, 0) is 0 Å². The number of thiol groups is 1. The van der Waals surface area contributed by atoms with Crippen molar-refractivity contribution in [3.63, 3.8) is 0 Å². The molecular formula is C4H6S. The standard InChI is InChI=1S/C4H6S/c5-4-1-3(4)2-4/h3,5H,1-2H2. The Morgan fingerprint density at radius 1 is 1.60 bits per heavy atom. The molecule has 0 radical (unpaired) electrons. The first kappa shape index (κ1) is 2.51. The zero-order chi connectivity index (χ0) is 3.49. The molecule has 0 spiro atoms. The van der Waals surface area contributed by atoms with Gasteiger partial charge in [-0.2, -0.15) is 12.6 Å². The van der Waals surface area contributed by atoms with Gasteiger partial charge < -0.3 is 0 Å². The summed E-state index contributed by atoms with van der Waals surface area (Å²) < 4.78 is 0.611. The van der Waals surface area contributed by atoms with Gasteiger partial charge in [0.1, 0.15) is 0 Å². The normalized spacial score (nSPS) is 70.2. The summed E-state index contributed by atoms with van der Waals surface area (Å²) in [6.07, 6.45) is 2.83. The van der Waals surface area contributed by atoms with Crippen molar-refractivity contribution in [1.82, 2.24) is 0 Å². The molecule has 1 heteroatoms. The molecule has 0 heterocycles. The summed E-state index contributed by atoms with van der Waals surface area (Å²) in [6.45, 7) is 0. The van der Waals surface area contributed by atoms with Gasteiger partial charge in [0.15, 0.2) is 0 Å². The third-order valence-corrected chi connectivity index (χ3v) is 2.37. The Labute approximate surface area is 37.0 Å². The third-order valence-electron chi connectivity index (χ3n) is 1.64. The molecule has 0 aromatic carbocycles. The van der Waals surface area contributed by atoms with E-state index in [0.717, 1.165) is 5.92 Å². The van der Waals surface area contributed by atoms with Gasteiger partial charge in [0.2, 0.25) is 0 Å². The van der Waals surface area contributed by atoms with Crippen molar-refractivity contribution >= 4 is 12.6 Å². The summed E-state index contributed by atoms with van der Waals surface area (Å²) >= 11 is 4.31. The summed E-state index contributed by atoms with van der Waals surface area (Å²) in [5.74, 6) is 1.06. The maximum absolute atomic E-state index is 4.31. The molecule has 2 aliphatic carbocycles. The van der Waals surface area contributed by atoms with Gasteiger partial charge in [-0.15, -0.1) is 0 Å². The molecule has 2 fully saturated rings. The fourth-order valence-corrected chi connectivity index (χ4v) is 1.12. The van der Waals surface area contributed by atoms with E-state index >= 15 is 0 Å². The molecule has 0 atom stereocenters. The fourth-order valence-electron chi connectivity index (χ4n) is 0.676. The van der Waals surface area contributed by atoms with Crippen LogP contribution in [-0.4, -0.2) is 4.75 Å². The average Bonchev–Trinajstić information content (AvgIpc) is 1.74. The Balaban J connectivity index is 2.37. The second-order valence-corrected chi connectivity index (χ2v) is 3.10. The molecule has 28 valence electrons. The van der Waals surface area contributed by atoms with Gasteiger partial charge in [0.25, 0.3) is 0 Å². The summed E-state index contributed by atoms with van der Waals surface area (Å²) in [7, 11) is 0. The zero-order valence-electron chi connectivity index (χ0n) is 2.94. The summed E-state index contributed by atoms with van der Waals surface area (Å²) in [6, 6.07) is 0. The molecule has 0 N–H and O–H groups in total. The SMILES string of the molecule is SC12CC1C2. The van der Waals surface area contributed by atoms with Crippen LogP contribution >= 0.6 is 12.6 Å². The lowest BCUT2D eigenvalue weighted by Gasteiger charge is -1.78. The van der Waals surface area contributed by atoms with E-state index in [1.165, 1.54) is 12.8 Å². The van der Waals surface area contributed by atoms with Gasteiger partial charge >= 0.3 is 0 Å². The Hall–Kier alpha value is 0.350. The monoisotopic (exact) mass is 86.0 g/mol. The molecular weight excluding hydrogens is 80.1 g/mol. The maximum atomic E-state index is 4.31. The van der Waals surface area contributed by atoms with Crippen LogP contribution in [0.15, 0.2) is 0 Å². The summed E-state index contributed by atoms with van der Waals surface area (Å²) in [5.41, 5.74) is 0. The zero-order valence-corrected chi connectivity index (χ0v) is 3.83. The van der Waals surface area contributed by atoms with Gasteiger partial charge in [-0.05, 0) is 18.8 Å². The highest BCUT2D eigenvalue weighted by Gasteiger charge is 2.67. The Kier molecular flexibility index (Phi) is 0.190. The van der Waals surface area contributed by atoms with Crippen LogP contribution in [0.25, 0.3) is 0 Å². The predicted molar refractivity (Wildman–Crippen MR) is 24.4 cm³/mol. The summed E-state index contributed by atoms with van der Waals surface area (Å²) in [5, 5.41) is 0. The van der Waals surface area contributed by atoms with Crippen molar-refractivity contribution in [3.8, 4) is 0 Å². The van der Waals surface area contributed by atoms with Crippen molar-refractivity contribution in [2.45, 2.75) is 17.6 Å². The molecule has 0 amide bonds. The second-order valence-electron chi connectivity index (χ2n) is 2.21. The van der Waals surface area contributed by atoms with E-state index in [1.54, 1.807) is 0 Å². The molecule has 0 aromatic heterocycles. The van der Waals surface area contributed by atoms with E-state index in [9.17, 15) is 0 Å². The van der Waals surface area contributed by atoms with Crippen molar-refractivity contribution in [3.05, 3.63) is 0 Å². The minimum atomic E-state index is 0.611. The number of fused-ring (bicyclic) bond motifs is 1. The van der Waals surface area contributed by atoms with E-state index in [2.05, 4.69) is 12.6 Å². The quantitative estimate of drug-likeness (QED) is 0.419. The molecule has 0 aliphatic heterocycles. The number of rotatable bonds is 0. The van der Waals surface area contributed by atoms with E-state index in [4.69, 9.17) is 0 Å². The van der Waals surface area contributed by atoms with Crippen LogP contribution in [0.5, 0.6) is 0 Å². The van der Waals surface area contributed by atoms with Gasteiger partial charge in [-0.25, -0.2) is 0 Å². The smallest absolute Gasteiger partial charge is 0.0165 e. The van der Waals surface area contributed by atoms with Crippen molar-refractivity contribution in [2.75, 3.05) is 0 Å². The lowest BCUT2D eigenvalue weighted by molar-refractivity contribution is 0.940. The van der Waals surface area contributed by atoms with E-state index in [1.807, 2.05) is 0 Å². The van der Waals surface area contributed by atoms with Crippen LogP contribution in [0.3, 0.4) is 0 Å². The highest BCUT2D eigenvalue weighted by atomic mass is 32.1. The molecule has 5 heavy (non-hydrogen) atoms.